The van der Waals surface area contributed by atoms with Crippen LogP contribution in [0.4, 0.5) is 0 Å². The van der Waals surface area contributed by atoms with Crippen LogP contribution in [0.3, 0.4) is 0 Å². The van der Waals surface area contributed by atoms with Gasteiger partial charge in [-0.3, -0.25) is 4.79 Å². The van der Waals surface area contributed by atoms with E-state index in [1.165, 1.54) is 11.1 Å². The Balaban J connectivity index is 2.19. The Bertz CT molecular complexity index is 467. The molecule has 1 aromatic rings. The maximum absolute atomic E-state index is 12.3. The summed E-state index contributed by atoms with van der Waals surface area (Å²) in [5.41, 5.74) is 3.31. The topological polar surface area (TPSA) is 20.3 Å². The molecular formula is C15H19NOS. The van der Waals surface area contributed by atoms with Gasteiger partial charge in [0.25, 0.3) is 5.91 Å². The van der Waals surface area contributed by atoms with Crippen molar-refractivity contribution in [1.29, 1.82) is 0 Å². The predicted octanol–water partition coefficient (Wildman–Crippen LogP) is 3.44. The number of rotatable bonds is 4. The quantitative estimate of drug-likeness (QED) is 0.827. The van der Waals surface area contributed by atoms with Crippen molar-refractivity contribution >= 4 is 17.7 Å². The highest BCUT2D eigenvalue weighted by Crippen LogP contribution is 2.33. The lowest BCUT2D eigenvalue weighted by Crippen LogP contribution is -2.33. The summed E-state index contributed by atoms with van der Waals surface area (Å²) in [7, 11) is 0. The molecule has 0 radical (unpaired) electrons. The first-order valence-corrected chi connectivity index (χ1v) is 7.34. The third-order valence-corrected chi connectivity index (χ3v) is 4.60. The van der Waals surface area contributed by atoms with Gasteiger partial charge in [0, 0.05) is 12.1 Å². The van der Waals surface area contributed by atoms with Gasteiger partial charge >= 0.3 is 0 Å². The van der Waals surface area contributed by atoms with E-state index in [1.807, 2.05) is 41.8 Å². The lowest BCUT2D eigenvalue weighted by atomic mass is 10.2. The molecule has 0 saturated carbocycles. The van der Waals surface area contributed by atoms with Crippen molar-refractivity contribution < 1.29 is 4.79 Å². The predicted molar refractivity (Wildman–Crippen MR) is 77.3 cm³/mol. The molecule has 1 amide bonds. The molecule has 2 nitrogen and oxygen atoms in total. The second-order valence-corrected chi connectivity index (χ2v) is 5.89. The average molecular weight is 261 g/mol. The minimum atomic E-state index is 0.183. The van der Waals surface area contributed by atoms with Gasteiger partial charge in [-0.05, 0) is 30.7 Å². The molecule has 96 valence electrons. The second kappa shape index (κ2) is 5.61. The number of carbonyl (C=O) groups is 1. The number of hydrogen-bond donors (Lipinski definition) is 0. The van der Waals surface area contributed by atoms with Gasteiger partial charge in [0.05, 0.1) is 0 Å². The maximum Gasteiger partial charge on any atom is 0.251 e. The molecule has 1 unspecified atom stereocenters. The maximum atomic E-state index is 12.3. The van der Waals surface area contributed by atoms with Gasteiger partial charge in [0.15, 0.2) is 0 Å². The highest BCUT2D eigenvalue weighted by atomic mass is 32.2. The number of amides is 1. The van der Waals surface area contributed by atoms with Gasteiger partial charge in [0.1, 0.15) is 5.37 Å². The standard InChI is InChI=1S/C15H19NOS/c1-4-18-15-12(3)11(2)14(17)16(15)10-13-8-6-5-7-9-13/h5-9,15H,4,10H2,1-3H3. The van der Waals surface area contributed by atoms with Crippen LogP contribution in [0.25, 0.3) is 0 Å². The summed E-state index contributed by atoms with van der Waals surface area (Å²) in [5, 5.41) is 0.211. The number of carbonyl (C=O) groups excluding carboxylic acids is 1. The van der Waals surface area contributed by atoms with E-state index < -0.39 is 0 Å². The van der Waals surface area contributed by atoms with Crippen molar-refractivity contribution in [2.24, 2.45) is 0 Å². The molecule has 1 atom stereocenters. The van der Waals surface area contributed by atoms with Crippen LogP contribution in [0, 0.1) is 0 Å². The van der Waals surface area contributed by atoms with Crippen molar-refractivity contribution in [2.75, 3.05) is 5.75 Å². The molecule has 1 aliphatic heterocycles. The van der Waals surface area contributed by atoms with Gasteiger partial charge < -0.3 is 4.90 Å². The minimum Gasteiger partial charge on any atom is -0.319 e. The first-order chi connectivity index (χ1) is 8.65. The van der Waals surface area contributed by atoms with Crippen LogP contribution < -0.4 is 0 Å². The Labute approximate surface area is 113 Å². The van der Waals surface area contributed by atoms with E-state index >= 15 is 0 Å². The zero-order valence-corrected chi connectivity index (χ0v) is 12.0. The van der Waals surface area contributed by atoms with E-state index in [4.69, 9.17) is 0 Å². The highest BCUT2D eigenvalue weighted by molar-refractivity contribution is 8.00. The third kappa shape index (κ3) is 2.46. The van der Waals surface area contributed by atoms with Gasteiger partial charge in [-0.15, -0.1) is 11.8 Å². The Morgan fingerprint density at radius 1 is 1.22 bits per heavy atom. The van der Waals surface area contributed by atoms with E-state index in [9.17, 15) is 4.79 Å². The van der Waals surface area contributed by atoms with Gasteiger partial charge in [0.2, 0.25) is 0 Å². The molecular weight excluding hydrogens is 242 g/mol. The molecule has 0 fully saturated rings. The van der Waals surface area contributed by atoms with Gasteiger partial charge in [-0.25, -0.2) is 0 Å². The number of hydrogen-bond acceptors (Lipinski definition) is 2. The zero-order valence-electron chi connectivity index (χ0n) is 11.1. The molecule has 18 heavy (non-hydrogen) atoms. The van der Waals surface area contributed by atoms with Crippen LogP contribution in [0.1, 0.15) is 26.3 Å². The van der Waals surface area contributed by atoms with Crippen LogP contribution in [0.15, 0.2) is 41.5 Å². The molecule has 0 aliphatic carbocycles. The fourth-order valence-electron chi connectivity index (χ4n) is 2.22. The Morgan fingerprint density at radius 3 is 2.50 bits per heavy atom. The molecule has 0 saturated heterocycles. The summed E-state index contributed by atoms with van der Waals surface area (Å²) in [6, 6.07) is 10.2. The summed E-state index contributed by atoms with van der Waals surface area (Å²) < 4.78 is 0. The summed E-state index contributed by atoms with van der Waals surface area (Å²) >= 11 is 1.83. The SMILES string of the molecule is CCSC1C(C)=C(C)C(=O)N1Cc1ccccc1. The molecule has 1 aliphatic rings. The van der Waals surface area contributed by atoms with E-state index in [-0.39, 0.29) is 11.3 Å². The van der Waals surface area contributed by atoms with Gasteiger partial charge in [-0.1, -0.05) is 37.3 Å². The lowest BCUT2D eigenvalue weighted by Gasteiger charge is -2.25. The third-order valence-electron chi connectivity index (χ3n) is 3.35. The molecule has 3 heteroatoms. The van der Waals surface area contributed by atoms with Crippen LogP contribution >= 0.6 is 11.8 Å². The summed E-state index contributed by atoms with van der Waals surface area (Å²) in [6.45, 7) is 6.85. The summed E-state index contributed by atoms with van der Waals surface area (Å²) in [6.07, 6.45) is 0. The van der Waals surface area contributed by atoms with Crippen molar-refractivity contribution in [1.82, 2.24) is 4.90 Å². The van der Waals surface area contributed by atoms with E-state index in [0.29, 0.717) is 6.54 Å². The Hall–Kier alpha value is -1.22. The van der Waals surface area contributed by atoms with Crippen molar-refractivity contribution in [3.8, 4) is 0 Å². The molecule has 0 bridgehead atoms. The highest BCUT2D eigenvalue weighted by Gasteiger charge is 2.34. The van der Waals surface area contributed by atoms with Crippen LogP contribution in [0.5, 0.6) is 0 Å². The number of nitrogens with zero attached hydrogens (tertiary/aromatic N) is 1. The molecule has 0 spiro atoms. The van der Waals surface area contributed by atoms with Crippen molar-refractivity contribution in [3.63, 3.8) is 0 Å². The van der Waals surface area contributed by atoms with E-state index in [1.54, 1.807) is 0 Å². The van der Waals surface area contributed by atoms with Crippen LogP contribution in [-0.2, 0) is 11.3 Å². The van der Waals surface area contributed by atoms with E-state index in [2.05, 4.69) is 26.0 Å². The number of thioether (sulfide) groups is 1. The molecule has 0 aromatic heterocycles. The fourth-order valence-corrected chi connectivity index (χ4v) is 3.31. The largest absolute Gasteiger partial charge is 0.319 e. The fraction of sp³-hybridized carbons (Fsp3) is 0.400. The smallest absolute Gasteiger partial charge is 0.251 e. The summed E-state index contributed by atoms with van der Waals surface area (Å²) in [5.74, 6) is 1.20. The minimum absolute atomic E-state index is 0.183. The molecule has 1 heterocycles. The van der Waals surface area contributed by atoms with Crippen LogP contribution in [0.2, 0.25) is 0 Å². The Morgan fingerprint density at radius 2 is 1.89 bits per heavy atom. The first kappa shape index (κ1) is 13.2. The first-order valence-electron chi connectivity index (χ1n) is 6.29. The van der Waals surface area contributed by atoms with Gasteiger partial charge in [-0.2, -0.15) is 0 Å². The van der Waals surface area contributed by atoms with Crippen molar-refractivity contribution in [2.45, 2.75) is 32.7 Å². The average Bonchev–Trinajstić information content (AvgIpc) is 2.58. The normalized spacial score (nSPS) is 19.8. The Kier molecular flexibility index (Phi) is 4.12. The monoisotopic (exact) mass is 261 g/mol. The molecule has 2 rings (SSSR count). The van der Waals surface area contributed by atoms with E-state index in [0.717, 1.165) is 11.3 Å². The zero-order chi connectivity index (χ0) is 13.1. The van der Waals surface area contributed by atoms with Crippen LogP contribution in [-0.4, -0.2) is 21.9 Å². The lowest BCUT2D eigenvalue weighted by molar-refractivity contribution is -0.126. The van der Waals surface area contributed by atoms with Crippen molar-refractivity contribution in [3.05, 3.63) is 47.0 Å². The molecule has 1 aromatic carbocycles. The molecule has 0 N–H and O–H groups in total. The summed E-state index contributed by atoms with van der Waals surface area (Å²) in [4.78, 5) is 14.2. The number of benzene rings is 1. The second-order valence-electron chi connectivity index (χ2n) is 4.53.